The summed E-state index contributed by atoms with van der Waals surface area (Å²) in [7, 11) is -4.10. The number of hydrogen-bond acceptors (Lipinski definition) is 5. The van der Waals surface area contributed by atoms with Gasteiger partial charge in [0, 0.05) is 6.54 Å². The standard InChI is InChI=1S/C24H29FN2O6S/c1-15-5-6-17(25)13-16(15)14-33-18-7-9-19(10-8-18)34(31,32)20-11-12-27(22(26)30)23(2,3)24(20,4)21(28)29/h5-10,13,20H,11-12,14H2,1-4H3,(H2,26,30)(H,28,29). The molecule has 1 aliphatic heterocycles. The molecule has 1 heterocycles. The monoisotopic (exact) mass is 492 g/mol. The van der Waals surface area contributed by atoms with E-state index in [9.17, 15) is 27.5 Å². The summed E-state index contributed by atoms with van der Waals surface area (Å²) in [6.45, 7) is 6.32. The van der Waals surface area contributed by atoms with Crippen molar-refractivity contribution in [2.24, 2.45) is 11.1 Å². The zero-order valence-electron chi connectivity index (χ0n) is 19.5. The highest BCUT2D eigenvalue weighted by Crippen LogP contribution is 2.48. The molecule has 34 heavy (non-hydrogen) atoms. The van der Waals surface area contributed by atoms with E-state index in [1.54, 1.807) is 6.07 Å². The van der Waals surface area contributed by atoms with E-state index in [2.05, 4.69) is 0 Å². The summed E-state index contributed by atoms with van der Waals surface area (Å²) in [5, 5.41) is 8.80. The van der Waals surface area contributed by atoms with E-state index in [-0.39, 0.29) is 30.3 Å². The van der Waals surface area contributed by atoms with Gasteiger partial charge in [-0.25, -0.2) is 17.6 Å². The zero-order chi connectivity index (χ0) is 25.5. The predicted molar refractivity (Wildman–Crippen MR) is 124 cm³/mol. The van der Waals surface area contributed by atoms with Crippen molar-refractivity contribution >= 4 is 21.8 Å². The minimum absolute atomic E-state index is 0.0171. The normalized spacial score (nSPS) is 22.3. The van der Waals surface area contributed by atoms with Crippen molar-refractivity contribution in [1.29, 1.82) is 0 Å². The molecule has 2 unspecified atom stereocenters. The number of piperidine rings is 1. The van der Waals surface area contributed by atoms with Gasteiger partial charge >= 0.3 is 12.0 Å². The number of aryl methyl sites for hydroxylation is 1. The highest BCUT2D eigenvalue weighted by Gasteiger charge is 2.63. The first-order valence-corrected chi connectivity index (χ1v) is 12.3. The van der Waals surface area contributed by atoms with Crippen molar-refractivity contribution in [1.82, 2.24) is 4.90 Å². The van der Waals surface area contributed by atoms with E-state index in [0.717, 1.165) is 5.56 Å². The van der Waals surface area contributed by atoms with E-state index < -0.39 is 38.0 Å². The van der Waals surface area contributed by atoms with Crippen molar-refractivity contribution in [2.45, 2.75) is 56.4 Å². The lowest BCUT2D eigenvalue weighted by atomic mass is 9.66. The van der Waals surface area contributed by atoms with Crippen LogP contribution in [0.1, 0.15) is 38.3 Å². The van der Waals surface area contributed by atoms with Crippen LogP contribution in [0.4, 0.5) is 9.18 Å². The molecule has 0 bridgehead atoms. The molecule has 10 heteroatoms. The van der Waals surface area contributed by atoms with Gasteiger partial charge in [-0.2, -0.15) is 0 Å². The Morgan fingerprint density at radius 2 is 1.79 bits per heavy atom. The van der Waals surface area contributed by atoms with Crippen molar-refractivity contribution in [3.63, 3.8) is 0 Å². The molecule has 0 saturated carbocycles. The van der Waals surface area contributed by atoms with E-state index in [1.165, 1.54) is 62.1 Å². The number of urea groups is 1. The number of aliphatic carboxylic acids is 1. The Labute approximate surface area is 198 Å². The van der Waals surface area contributed by atoms with Gasteiger partial charge in [-0.3, -0.25) is 4.79 Å². The maximum atomic E-state index is 13.6. The van der Waals surface area contributed by atoms with Gasteiger partial charge in [-0.1, -0.05) is 6.07 Å². The van der Waals surface area contributed by atoms with Gasteiger partial charge in [0.2, 0.25) is 0 Å². The summed E-state index contributed by atoms with van der Waals surface area (Å²) < 4.78 is 46.3. The molecule has 0 aliphatic carbocycles. The summed E-state index contributed by atoms with van der Waals surface area (Å²) in [6, 6.07) is 9.25. The molecule has 2 aromatic carbocycles. The largest absolute Gasteiger partial charge is 0.489 e. The molecule has 0 spiro atoms. The topological polar surface area (TPSA) is 127 Å². The number of carboxylic acid groups (broad SMARTS) is 1. The lowest BCUT2D eigenvalue weighted by Gasteiger charge is -2.54. The van der Waals surface area contributed by atoms with Crippen molar-refractivity contribution in [3.05, 3.63) is 59.4 Å². The second-order valence-corrected chi connectivity index (χ2v) is 11.3. The molecule has 8 nitrogen and oxygen atoms in total. The second kappa shape index (κ2) is 8.90. The van der Waals surface area contributed by atoms with Crippen LogP contribution in [0.5, 0.6) is 5.75 Å². The molecule has 2 aromatic rings. The number of primary amides is 1. The number of rotatable bonds is 6. The molecule has 3 rings (SSSR count). The molecule has 3 N–H and O–H groups in total. The van der Waals surface area contributed by atoms with Crippen LogP contribution in [-0.4, -0.2) is 47.8 Å². The molecular formula is C24H29FN2O6S. The number of benzene rings is 2. The third kappa shape index (κ3) is 4.22. The number of nitrogens with zero attached hydrogens (tertiary/aromatic N) is 1. The number of carboxylic acids is 1. The summed E-state index contributed by atoms with van der Waals surface area (Å²) in [6.07, 6.45) is -0.0748. The number of carbonyl (C=O) groups excluding carboxylic acids is 1. The van der Waals surface area contributed by atoms with E-state index >= 15 is 0 Å². The van der Waals surface area contributed by atoms with E-state index in [4.69, 9.17) is 10.5 Å². The fourth-order valence-electron chi connectivity index (χ4n) is 4.59. The van der Waals surface area contributed by atoms with Crippen molar-refractivity contribution in [2.75, 3.05) is 6.54 Å². The van der Waals surface area contributed by atoms with Gasteiger partial charge in [0.05, 0.1) is 15.7 Å². The number of sulfone groups is 1. The third-order valence-electron chi connectivity index (χ3n) is 7.15. The van der Waals surface area contributed by atoms with Crippen LogP contribution in [0.15, 0.2) is 47.4 Å². The van der Waals surface area contributed by atoms with Gasteiger partial charge < -0.3 is 20.5 Å². The Balaban J connectivity index is 1.88. The molecule has 0 aromatic heterocycles. The molecule has 1 aliphatic rings. The second-order valence-electron chi connectivity index (χ2n) is 9.21. The van der Waals surface area contributed by atoms with Crippen LogP contribution in [0.25, 0.3) is 0 Å². The Hall–Kier alpha value is -3.14. The van der Waals surface area contributed by atoms with Crippen LogP contribution in [-0.2, 0) is 21.2 Å². The highest BCUT2D eigenvalue weighted by molar-refractivity contribution is 7.92. The summed E-state index contributed by atoms with van der Waals surface area (Å²) in [4.78, 5) is 25.5. The Bertz CT molecular complexity index is 1210. The first kappa shape index (κ1) is 25.5. The molecule has 184 valence electrons. The van der Waals surface area contributed by atoms with Crippen molar-refractivity contribution in [3.8, 4) is 5.75 Å². The van der Waals surface area contributed by atoms with E-state index in [1.807, 2.05) is 6.92 Å². The minimum Gasteiger partial charge on any atom is -0.489 e. The number of halogens is 1. The average molecular weight is 493 g/mol. The Kier molecular flexibility index (Phi) is 6.67. The summed E-state index contributed by atoms with van der Waals surface area (Å²) in [5.41, 5.74) is 3.80. The third-order valence-corrected chi connectivity index (χ3v) is 9.53. The highest BCUT2D eigenvalue weighted by atomic mass is 32.2. The molecule has 2 amide bonds. The summed E-state index contributed by atoms with van der Waals surface area (Å²) in [5.74, 6) is -1.33. The number of likely N-dealkylation sites (tertiary alicyclic amines) is 1. The number of carbonyl (C=O) groups is 2. The predicted octanol–water partition coefficient (Wildman–Crippen LogP) is 3.51. The number of ether oxygens (including phenoxy) is 1. The van der Waals surface area contributed by atoms with Gasteiger partial charge in [0.15, 0.2) is 9.84 Å². The maximum absolute atomic E-state index is 13.6. The molecular weight excluding hydrogens is 463 g/mol. The van der Waals surface area contributed by atoms with Crippen LogP contribution in [0, 0.1) is 18.2 Å². The molecule has 1 saturated heterocycles. The van der Waals surface area contributed by atoms with E-state index in [0.29, 0.717) is 11.3 Å². The number of nitrogens with two attached hydrogens (primary N) is 1. The Morgan fingerprint density at radius 3 is 2.35 bits per heavy atom. The van der Waals surface area contributed by atoms with Gasteiger partial charge in [-0.15, -0.1) is 0 Å². The van der Waals surface area contributed by atoms with Crippen molar-refractivity contribution < 1.29 is 32.2 Å². The zero-order valence-corrected chi connectivity index (χ0v) is 20.4. The fraction of sp³-hybridized carbons (Fsp3) is 0.417. The number of amides is 2. The SMILES string of the molecule is Cc1ccc(F)cc1COc1ccc(S(=O)(=O)C2CCN(C(N)=O)C(C)(C)C2(C)C(=O)O)cc1. The summed E-state index contributed by atoms with van der Waals surface area (Å²) >= 11 is 0. The smallest absolute Gasteiger partial charge is 0.315 e. The molecule has 2 atom stereocenters. The van der Waals surface area contributed by atoms with Crippen LogP contribution in [0.3, 0.4) is 0 Å². The maximum Gasteiger partial charge on any atom is 0.315 e. The van der Waals surface area contributed by atoms with Crippen LogP contribution < -0.4 is 10.5 Å². The van der Waals surface area contributed by atoms with Crippen LogP contribution >= 0.6 is 0 Å². The Morgan fingerprint density at radius 1 is 1.18 bits per heavy atom. The minimum atomic E-state index is -4.10. The first-order chi connectivity index (χ1) is 15.7. The van der Waals surface area contributed by atoms with Crippen LogP contribution in [0.2, 0.25) is 0 Å². The van der Waals surface area contributed by atoms with Gasteiger partial charge in [0.25, 0.3) is 0 Å². The average Bonchev–Trinajstić information content (AvgIpc) is 2.75. The molecule has 0 radical (unpaired) electrons. The number of hydrogen-bond donors (Lipinski definition) is 2. The lowest BCUT2D eigenvalue weighted by Crippen LogP contribution is -2.70. The van der Waals surface area contributed by atoms with Gasteiger partial charge in [-0.05, 0) is 81.6 Å². The lowest BCUT2D eigenvalue weighted by molar-refractivity contribution is -0.159. The molecule has 1 fully saturated rings. The fourth-order valence-corrected chi connectivity index (χ4v) is 6.86. The first-order valence-electron chi connectivity index (χ1n) is 10.7. The van der Waals surface area contributed by atoms with Gasteiger partial charge in [0.1, 0.15) is 23.6 Å². The quantitative estimate of drug-likeness (QED) is 0.635.